The van der Waals surface area contributed by atoms with Crippen LogP contribution in [0.25, 0.3) is 0 Å². The molecule has 0 saturated carbocycles. The molecule has 0 atom stereocenters. The van der Waals surface area contributed by atoms with Gasteiger partial charge >= 0.3 is 0 Å². The van der Waals surface area contributed by atoms with Gasteiger partial charge in [0, 0.05) is 20.6 Å². The van der Waals surface area contributed by atoms with Gasteiger partial charge in [-0.05, 0) is 19.1 Å². The number of carbonyl (C=O) groups excluding carboxylic acids is 1. The highest BCUT2D eigenvalue weighted by Gasteiger charge is 2.22. The number of phenols is 1. The van der Waals surface area contributed by atoms with Crippen LogP contribution in [0, 0.1) is 0 Å². The molecule has 0 aromatic heterocycles. The molecule has 0 aliphatic heterocycles. The lowest BCUT2D eigenvalue weighted by Crippen LogP contribution is -2.36. The second-order valence-electron chi connectivity index (χ2n) is 4.96. The lowest BCUT2D eigenvalue weighted by atomic mass is 10.1. The van der Waals surface area contributed by atoms with E-state index < -0.39 is 10.9 Å². The van der Waals surface area contributed by atoms with E-state index in [0.29, 0.717) is 6.54 Å². The van der Waals surface area contributed by atoms with Gasteiger partial charge in [0.15, 0.2) is 5.75 Å². The van der Waals surface area contributed by atoms with E-state index in [-0.39, 0.29) is 34.3 Å². The van der Waals surface area contributed by atoms with Crippen LogP contribution in [-0.2, 0) is 0 Å². The predicted molar refractivity (Wildman–Crippen MR) is 84.9 cm³/mol. The van der Waals surface area contributed by atoms with E-state index >= 15 is 0 Å². The number of hydrogen-bond donors (Lipinski definition) is 3. The molecule has 1 amide bonds. The number of anilines is 3. The summed E-state index contributed by atoms with van der Waals surface area (Å²) in [6, 6.07) is 4.59. The largest absolute Gasteiger partial charge is 0.505 e. The van der Waals surface area contributed by atoms with Crippen LogP contribution < -0.4 is 21.5 Å². The van der Waals surface area contributed by atoms with Gasteiger partial charge in [0.1, 0.15) is 11.4 Å². The zero-order valence-corrected chi connectivity index (χ0v) is 12.6. The smallest absolute Gasteiger partial charge is 0.257 e. The number of carbonyl (C=O) groups is 1. The summed E-state index contributed by atoms with van der Waals surface area (Å²) in [5.41, 5.74) is -0.658. The molecule has 3 N–H and O–H groups in total. The zero-order chi connectivity index (χ0) is 16.4. The third-order valence-corrected chi connectivity index (χ3v) is 3.20. The van der Waals surface area contributed by atoms with Crippen molar-refractivity contribution in [3.63, 3.8) is 0 Å². The van der Waals surface area contributed by atoms with Crippen LogP contribution in [0.2, 0.25) is 0 Å². The van der Waals surface area contributed by atoms with Crippen molar-refractivity contribution in [1.29, 1.82) is 0 Å². The third-order valence-electron chi connectivity index (χ3n) is 3.20. The number of para-hydroxylation sites is 1. The molecule has 2 rings (SSSR count). The molecular formula is C15H17N3O4. The Bertz CT molecular complexity index is 789. The average Bonchev–Trinajstić information content (AvgIpc) is 2.51. The molecule has 0 aliphatic rings. The van der Waals surface area contributed by atoms with E-state index in [0.717, 1.165) is 0 Å². The van der Waals surface area contributed by atoms with Gasteiger partial charge in [-0.2, -0.15) is 0 Å². The molecule has 0 heterocycles. The monoisotopic (exact) mass is 303 g/mol. The number of nitrogens with one attached hydrogen (secondary N) is 2. The molecular weight excluding hydrogens is 286 g/mol. The molecule has 0 radical (unpaired) electrons. The normalized spacial score (nSPS) is 10.5. The molecule has 2 aromatic carbocycles. The number of phenolic OH excluding ortho intramolecular Hbond substituents is 1. The van der Waals surface area contributed by atoms with Crippen LogP contribution in [0.1, 0.15) is 17.3 Å². The lowest BCUT2D eigenvalue weighted by Gasteiger charge is -2.17. The van der Waals surface area contributed by atoms with E-state index in [9.17, 15) is 19.5 Å². The first-order valence-electron chi connectivity index (χ1n) is 6.76. The number of aromatic hydroxyl groups is 1. The quantitative estimate of drug-likeness (QED) is 0.560. The highest BCUT2D eigenvalue weighted by Crippen LogP contribution is 2.31. The van der Waals surface area contributed by atoms with Crippen LogP contribution in [0.15, 0.2) is 27.8 Å². The maximum absolute atomic E-state index is 12.0. The fraction of sp³-hybridized carbons (Fsp3) is 0.267. The van der Waals surface area contributed by atoms with Crippen molar-refractivity contribution >= 4 is 23.0 Å². The molecule has 2 aromatic rings. The van der Waals surface area contributed by atoms with Gasteiger partial charge in [0.2, 0.25) is 0 Å². The number of benzene rings is 1. The van der Waals surface area contributed by atoms with Crippen LogP contribution in [-0.4, -0.2) is 36.6 Å². The maximum Gasteiger partial charge on any atom is 0.257 e. The van der Waals surface area contributed by atoms with E-state index in [1.807, 2.05) is 0 Å². The number of nitrogens with zero attached hydrogens (tertiary/aromatic N) is 1. The summed E-state index contributed by atoms with van der Waals surface area (Å²) in [6.45, 7) is 2.29. The van der Waals surface area contributed by atoms with Crippen LogP contribution in [0.4, 0.5) is 17.1 Å². The summed E-state index contributed by atoms with van der Waals surface area (Å²) in [4.78, 5) is 36.4. The van der Waals surface area contributed by atoms with Gasteiger partial charge in [-0.1, -0.05) is 6.07 Å². The maximum atomic E-state index is 12.0. The van der Waals surface area contributed by atoms with Crippen molar-refractivity contribution in [1.82, 2.24) is 4.90 Å². The summed E-state index contributed by atoms with van der Waals surface area (Å²) in [7, 11) is 3.14. The SMILES string of the molecule is CCNc1c(Nc2cccc(C(=O)N(C)C)c2O)c(=O)c1=O. The van der Waals surface area contributed by atoms with Gasteiger partial charge in [-0.25, -0.2) is 0 Å². The van der Waals surface area contributed by atoms with Crippen LogP contribution >= 0.6 is 0 Å². The Kier molecular flexibility index (Phi) is 4.16. The van der Waals surface area contributed by atoms with E-state index in [1.165, 1.54) is 17.0 Å². The molecule has 7 nitrogen and oxygen atoms in total. The summed E-state index contributed by atoms with van der Waals surface area (Å²) < 4.78 is 0. The zero-order valence-electron chi connectivity index (χ0n) is 12.6. The average molecular weight is 303 g/mol. The highest BCUT2D eigenvalue weighted by molar-refractivity contribution is 5.99. The molecule has 0 spiro atoms. The topological polar surface area (TPSA) is 98.7 Å². The fourth-order valence-corrected chi connectivity index (χ4v) is 2.05. The van der Waals surface area contributed by atoms with Crippen LogP contribution in [0.3, 0.4) is 0 Å². The first kappa shape index (κ1) is 15.6. The molecule has 0 saturated heterocycles. The van der Waals surface area contributed by atoms with Crippen molar-refractivity contribution in [2.45, 2.75) is 6.92 Å². The fourth-order valence-electron chi connectivity index (χ4n) is 2.05. The van der Waals surface area contributed by atoms with Gasteiger partial charge in [0.25, 0.3) is 16.8 Å². The Hall–Kier alpha value is -2.83. The number of amides is 1. The summed E-state index contributed by atoms with van der Waals surface area (Å²) in [5, 5.41) is 15.7. The summed E-state index contributed by atoms with van der Waals surface area (Å²) in [5.74, 6) is -0.630. The van der Waals surface area contributed by atoms with Gasteiger partial charge in [0.05, 0.1) is 11.3 Å². The Morgan fingerprint density at radius 2 is 1.82 bits per heavy atom. The van der Waals surface area contributed by atoms with Gasteiger partial charge in [-0.15, -0.1) is 0 Å². The Labute approximate surface area is 126 Å². The van der Waals surface area contributed by atoms with Crippen molar-refractivity contribution < 1.29 is 9.90 Å². The van der Waals surface area contributed by atoms with E-state index in [4.69, 9.17) is 0 Å². The van der Waals surface area contributed by atoms with Crippen LogP contribution in [0.5, 0.6) is 5.75 Å². The van der Waals surface area contributed by atoms with E-state index in [1.54, 1.807) is 27.1 Å². The standard InChI is InChI=1S/C15H17N3O4/c1-4-16-10-11(14(21)13(10)20)17-9-7-5-6-8(12(9)19)15(22)18(2)3/h5-7,16-17,19H,4H2,1-3H3. The minimum atomic E-state index is -0.653. The van der Waals surface area contributed by atoms with Crippen molar-refractivity contribution in [2.75, 3.05) is 31.3 Å². The second-order valence-corrected chi connectivity index (χ2v) is 4.96. The molecule has 22 heavy (non-hydrogen) atoms. The van der Waals surface area contributed by atoms with Crippen molar-refractivity contribution in [2.24, 2.45) is 0 Å². The number of hydrogen-bond acceptors (Lipinski definition) is 6. The molecule has 116 valence electrons. The summed E-state index contributed by atoms with van der Waals surface area (Å²) >= 11 is 0. The second kappa shape index (κ2) is 5.88. The summed E-state index contributed by atoms with van der Waals surface area (Å²) in [6.07, 6.45) is 0. The van der Waals surface area contributed by atoms with E-state index in [2.05, 4.69) is 10.6 Å². The van der Waals surface area contributed by atoms with Gasteiger partial charge in [-0.3, -0.25) is 14.4 Å². The Morgan fingerprint density at radius 3 is 2.41 bits per heavy atom. The molecule has 0 fully saturated rings. The predicted octanol–water partition coefficient (Wildman–Crippen LogP) is 0.865. The Morgan fingerprint density at radius 1 is 1.18 bits per heavy atom. The minimum Gasteiger partial charge on any atom is -0.505 e. The van der Waals surface area contributed by atoms with Gasteiger partial charge < -0.3 is 20.6 Å². The highest BCUT2D eigenvalue weighted by atomic mass is 16.3. The molecule has 0 unspecified atom stereocenters. The molecule has 0 bridgehead atoms. The minimum absolute atomic E-state index is 0.0941. The molecule has 7 heteroatoms. The van der Waals surface area contributed by atoms with Crippen molar-refractivity contribution in [3.05, 3.63) is 44.2 Å². The molecule has 0 aliphatic carbocycles. The van der Waals surface area contributed by atoms with Crippen molar-refractivity contribution in [3.8, 4) is 5.75 Å². The first-order valence-corrected chi connectivity index (χ1v) is 6.76. The number of rotatable bonds is 5. The lowest BCUT2D eigenvalue weighted by molar-refractivity contribution is 0.0825. The third kappa shape index (κ3) is 2.52. The Balaban J connectivity index is 2.38. The first-order chi connectivity index (χ1) is 10.4.